The average Bonchev–Trinajstić information content (AvgIpc) is 2.75. The molecule has 0 amide bonds. The van der Waals surface area contributed by atoms with E-state index in [9.17, 15) is 4.39 Å². The summed E-state index contributed by atoms with van der Waals surface area (Å²) in [5.74, 6) is 0.843. The molecule has 3 rings (SSSR count). The first-order valence-electron chi connectivity index (χ1n) is 10.3. The van der Waals surface area contributed by atoms with E-state index in [1.54, 1.807) is 19.2 Å². The molecule has 0 radical (unpaired) electrons. The quantitative estimate of drug-likeness (QED) is 0.375. The molecule has 0 spiro atoms. The number of hydrogen-bond acceptors (Lipinski definition) is 1. The Morgan fingerprint density at radius 2 is 1.59 bits per heavy atom. The lowest BCUT2D eigenvalue weighted by atomic mass is 9.89. The Balaban J connectivity index is 2.08. The van der Waals surface area contributed by atoms with Gasteiger partial charge in [0, 0.05) is 22.4 Å². The standard InChI is InChI=1S/C26H30FOP/c1-5-26(6-2,29-25-19(3)12-10-17-23(25)27)22-16-11-15-21(24(22)28-4)18-20-13-8-7-9-14-20/h7-17,29H,5-6,18H2,1-4H3. The van der Waals surface area contributed by atoms with Crippen LogP contribution in [0, 0.1) is 12.7 Å². The van der Waals surface area contributed by atoms with Gasteiger partial charge in [0.05, 0.1) is 7.11 Å². The lowest BCUT2D eigenvalue weighted by molar-refractivity contribution is 0.395. The molecule has 3 aromatic carbocycles. The summed E-state index contributed by atoms with van der Waals surface area (Å²) in [5, 5.41) is 0.692. The Hall–Kier alpha value is -2.18. The van der Waals surface area contributed by atoms with E-state index in [0.717, 1.165) is 35.9 Å². The molecule has 0 heterocycles. The predicted molar refractivity (Wildman–Crippen MR) is 124 cm³/mol. The Morgan fingerprint density at radius 3 is 2.21 bits per heavy atom. The number of halogens is 1. The molecule has 1 atom stereocenters. The number of benzene rings is 3. The third-order valence-corrected chi connectivity index (χ3v) is 8.19. The highest BCUT2D eigenvalue weighted by atomic mass is 31.1. The fourth-order valence-corrected chi connectivity index (χ4v) is 5.71. The van der Waals surface area contributed by atoms with Crippen molar-refractivity contribution in [2.24, 2.45) is 0 Å². The molecule has 0 saturated carbocycles. The number of hydrogen-bond donors (Lipinski definition) is 0. The predicted octanol–water partition coefficient (Wildman–Crippen LogP) is 6.75. The molecule has 3 heteroatoms. The maximum atomic E-state index is 14.7. The number of aryl methyl sites for hydroxylation is 1. The Kier molecular flexibility index (Phi) is 7.09. The molecule has 0 saturated heterocycles. The topological polar surface area (TPSA) is 9.23 Å². The molecule has 0 fully saturated rings. The van der Waals surface area contributed by atoms with Gasteiger partial charge in [0.1, 0.15) is 11.6 Å². The number of ether oxygens (including phenoxy) is 1. The fourth-order valence-electron chi connectivity index (χ4n) is 4.06. The van der Waals surface area contributed by atoms with Crippen LogP contribution < -0.4 is 10.0 Å². The van der Waals surface area contributed by atoms with Crippen LogP contribution in [0.25, 0.3) is 0 Å². The summed E-state index contributed by atoms with van der Waals surface area (Å²) in [4.78, 5) is 0. The molecule has 0 bridgehead atoms. The SMILES string of the molecule is CCC(CC)(Pc1c(C)cccc1F)c1cccc(Cc2ccccc2)c1OC. The summed E-state index contributed by atoms with van der Waals surface area (Å²) >= 11 is 0. The van der Waals surface area contributed by atoms with Crippen molar-refractivity contribution in [2.75, 3.05) is 7.11 Å². The second kappa shape index (κ2) is 9.55. The van der Waals surface area contributed by atoms with Gasteiger partial charge in [-0.2, -0.15) is 0 Å². The first-order chi connectivity index (χ1) is 14.0. The van der Waals surface area contributed by atoms with Crippen LogP contribution in [0.3, 0.4) is 0 Å². The molecule has 0 aromatic heterocycles. The van der Waals surface area contributed by atoms with Gasteiger partial charge in [-0.25, -0.2) is 4.39 Å². The zero-order valence-corrected chi connectivity index (χ0v) is 18.8. The third-order valence-electron chi connectivity index (χ3n) is 5.85. The molecule has 0 aliphatic rings. The second-order valence-corrected chi connectivity index (χ2v) is 9.21. The molecule has 3 aromatic rings. The number of rotatable bonds is 8. The van der Waals surface area contributed by atoms with E-state index < -0.39 is 0 Å². The largest absolute Gasteiger partial charge is 0.496 e. The lowest BCUT2D eigenvalue weighted by Crippen LogP contribution is -2.25. The molecule has 0 aliphatic heterocycles. The van der Waals surface area contributed by atoms with Crippen LogP contribution in [-0.4, -0.2) is 7.11 Å². The highest BCUT2D eigenvalue weighted by Crippen LogP contribution is 2.51. The van der Waals surface area contributed by atoms with Crippen molar-refractivity contribution in [1.29, 1.82) is 0 Å². The van der Waals surface area contributed by atoms with Crippen LogP contribution in [0.4, 0.5) is 4.39 Å². The van der Waals surface area contributed by atoms with Gasteiger partial charge in [0.2, 0.25) is 0 Å². The maximum Gasteiger partial charge on any atom is 0.130 e. The number of para-hydroxylation sites is 1. The first-order valence-corrected chi connectivity index (χ1v) is 11.3. The van der Waals surface area contributed by atoms with Crippen LogP contribution >= 0.6 is 8.58 Å². The van der Waals surface area contributed by atoms with Crippen molar-refractivity contribution in [3.05, 3.63) is 94.8 Å². The van der Waals surface area contributed by atoms with Crippen molar-refractivity contribution >= 4 is 13.9 Å². The zero-order chi connectivity index (χ0) is 20.9. The minimum atomic E-state index is -0.148. The van der Waals surface area contributed by atoms with Gasteiger partial charge in [-0.05, 0) is 42.5 Å². The van der Waals surface area contributed by atoms with Gasteiger partial charge < -0.3 is 4.74 Å². The second-order valence-electron chi connectivity index (χ2n) is 7.51. The normalized spacial score (nSPS) is 11.9. The van der Waals surface area contributed by atoms with Crippen LogP contribution in [-0.2, 0) is 11.6 Å². The molecule has 0 N–H and O–H groups in total. The van der Waals surface area contributed by atoms with E-state index in [2.05, 4.69) is 56.3 Å². The monoisotopic (exact) mass is 408 g/mol. The van der Waals surface area contributed by atoms with E-state index in [-0.39, 0.29) is 11.0 Å². The lowest BCUT2D eigenvalue weighted by Gasteiger charge is -2.35. The summed E-state index contributed by atoms with van der Waals surface area (Å²) in [5.41, 5.74) is 4.65. The van der Waals surface area contributed by atoms with Crippen LogP contribution in [0.1, 0.15) is 48.9 Å². The van der Waals surface area contributed by atoms with Gasteiger partial charge in [-0.15, -0.1) is 0 Å². The van der Waals surface area contributed by atoms with Gasteiger partial charge >= 0.3 is 0 Å². The van der Waals surface area contributed by atoms with Crippen LogP contribution in [0.5, 0.6) is 5.75 Å². The summed E-state index contributed by atoms with van der Waals surface area (Å²) in [6.45, 7) is 6.41. The molecule has 0 aliphatic carbocycles. The van der Waals surface area contributed by atoms with E-state index in [1.165, 1.54) is 16.7 Å². The average molecular weight is 408 g/mol. The van der Waals surface area contributed by atoms with Crippen LogP contribution in [0.2, 0.25) is 0 Å². The highest BCUT2D eigenvalue weighted by Gasteiger charge is 2.34. The van der Waals surface area contributed by atoms with E-state index >= 15 is 0 Å². The molecule has 1 nitrogen and oxygen atoms in total. The van der Waals surface area contributed by atoms with Crippen molar-refractivity contribution in [3.8, 4) is 5.75 Å². The van der Waals surface area contributed by atoms with Gasteiger partial charge in [-0.3, -0.25) is 0 Å². The smallest absolute Gasteiger partial charge is 0.130 e. The van der Waals surface area contributed by atoms with Crippen molar-refractivity contribution in [3.63, 3.8) is 0 Å². The van der Waals surface area contributed by atoms with E-state index in [1.807, 2.05) is 19.1 Å². The van der Waals surface area contributed by atoms with E-state index in [0.29, 0.717) is 8.58 Å². The van der Waals surface area contributed by atoms with E-state index in [4.69, 9.17) is 4.74 Å². The minimum absolute atomic E-state index is 0.103. The third kappa shape index (κ3) is 4.54. The molecule has 1 unspecified atom stereocenters. The van der Waals surface area contributed by atoms with Crippen molar-refractivity contribution in [2.45, 2.75) is 45.2 Å². The fraction of sp³-hybridized carbons (Fsp3) is 0.308. The number of methoxy groups -OCH3 is 1. The Bertz CT molecular complexity index is 928. The summed E-state index contributed by atoms with van der Waals surface area (Å²) in [6, 6.07) is 22.3. The van der Waals surface area contributed by atoms with Gasteiger partial charge in [0.25, 0.3) is 0 Å². The van der Waals surface area contributed by atoms with Gasteiger partial charge in [-0.1, -0.05) is 83.1 Å². The molecule has 152 valence electrons. The van der Waals surface area contributed by atoms with Crippen molar-refractivity contribution < 1.29 is 9.13 Å². The Morgan fingerprint density at radius 1 is 0.897 bits per heavy atom. The summed E-state index contributed by atoms with van der Waals surface area (Å²) < 4.78 is 20.7. The molecule has 29 heavy (non-hydrogen) atoms. The Labute approximate surface area is 176 Å². The maximum absolute atomic E-state index is 14.7. The first kappa shape index (κ1) is 21.5. The summed E-state index contributed by atoms with van der Waals surface area (Å²) in [6.07, 6.45) is 2.69. The van der Waals surface area contributed by atoms with Crippen molar-refractivity contribution in [1.82, 2.24) is 0 Å². The van der Waals surface area contributed by atoms with Gasteiger partial charge in [0.15, 0.2) is 0 Å². The molecular weight excluding hydrogens is 378 g/mol. The highest BCUT2D eigenvalue weighted by molar-refractivity contribution is 7.48. The molecular formula is C26H30FOP. The summed E-state index contributed by atoms with van der Waals surface area (Å²) in [7, 11) is 2.10. The zero-order valence-electron chi connectivity index (χ0n) is 17.8. The van der Waals surface area contributed by atoms with Crippen LogP contribution in [0.15, 0.2) is 66.7 Å². The minimum Gasteiger partial charge on any atom is -0.496 e.